The van der Waals surface area contributed by atoms with Crippen LogP contribution in [-0.4, -0.2) is 167 Å². The van der Waals surface area contributed by atoms with Crippen molar-refractivity contribution in [1.82, 2.24) is 46.2 Å². The fourth-order valence-corrected chi connectivity index (χ4v) is 9.22. The highest BCUT2D eigenvalue weighted by atomic mass is 16.3. The van der Waals surface area contributed by atoms with Crippen molar-refractivity contribution in [2.45, 2.75) is 161 Å². The Balaban J connectivity index is 1.89. The van der Waals surface area contributed by atoms with Crippen LogP contribution in [0.3, 0.4) is 0 Å². The van der Waals surface area contributed by atoms with Gasteiger partial charge in [-0.1, -0.05) is 102 Å². The zero-order chi connectivity index (χ0) is 54.3. The van der Waals surface area contributed by atoms with E-state index in [0.717, 1.165) is 11.3 Å². The van der Waals surface area contributed by atoms with Gasteiger partial charge in [0, 0.05) is 47.1 Å². The molecule has 2 heterocycles. The predicted octanol–water partition coefficient (Wildman–Crippen LogP) is 1.94. The number of nitrogens with zero attached hydrogens (tertiary/aromatic N) is 4. The minimum Gasteiger partial charge on any atom is -0.391 e. The highest BCUT2D eigenvalue weighted by Gasteiger charge is 2.41. The van der Waals surface area contributed by atoms with Gasteiger partial charge in [-0.05, 0) is 74.8 Å². The topological polar surface area (TPSA) is 247 Å². The van der Waals surface area contributed by atoms with E-state index >= 15 is 4.79 Å². The summed E-state index contributed by atoms with van der Waals surface area (Å²) in [5.74, 6) is -7.21. The first-order chi connectivity index (χ1) is 34.4. The largest absolute Gasteiger partial charge is 0.391 e. The molecule has 0 aromatic heterocycles. The van der Waals surface area contributed by atoms with Crippen molar-refractivity contribution in [2.75, 3.05) is 34.2 Å². The quantitative estimate of drug-likeness (QED) is 0.191. The maximum Gasteiger partial charge on any atom is 0.248 e. The fraction of sp³-hybridized carbons (Fsp3) is 0.611. The summed E-state index contributed by atoms with van der Waals surface area (Å²) >= 11 is 0. The molecule has 9 amide bonds. The minimum absolute atomic E-state index is 0.0126. The molecule has 0 saturated carbocycles. The average molecular weight is 1020 g/mol. The third-order valence-electron chi connectivity index (χ3n) is 13.7. The van der Waals surface area contributed by atoms with Crippen LogP contribution in [0.25, 0.3) is 0 Å². The summed E-state index contributed by atoms with van der Waals surface area (Å²) in [6.07, 6.45) is 0.491. The summed E-state index contributed by atoms with van der Waals surface area (Å²) in [5.41, 5.74) is 1.37. The molecule has 73 heavy (non-hydrogen) atoms. The smallest absolute Gasteiger partial charge is 0.248 e. The lowest BCUT2D eigenvalue weighted by Crippen LogP contribution is -2.62. The van der Waals surface area contributed by atoms with E-state index in [2.05, 4.69) is 26.6 Å². The molecule has 402 valence electrons. The minimum atomic E-state index is -1.59. The lowest BCUT2D eigenvalue weighted by Gasteiger charge is -2.38. The molecule has 2 aliphatic rings. The molecule has 2 aliphatic heterocycles. The van der Waals surface area contributed by atoms with E-state index in [0.29, 0.717) is 37.1 Å². The van der Waals surface area contributed by atoms with Gasteiger partial charge in [-0.2, -0.15) is 0 Å². The monoisotopic (exact) mass is 1020 g/mol. The van der Waals surface area contributed by atoms with Crippen LogP contribution in [0.1, 0.15) is 105 Å². The number of likely N-dealkylation sites (tertiary alicyclic amines) is 1. The number of amides is 9. The van der Waals surface area contributed by atoms with E-state index in [1.807, 2.05) is 33.8 Å². The summed E-state index contributed by atoms with van der Waals surface area (Å²) in [7, 11) is 4.23. The zero-order valence-corrected chi connectivity index (χ0v) is 44.7. The predicted molar refractivity (Wildman–Crippen MR) is 276 cm³/mol. The Morgan fingerprint density at radius 3 is 1.62 bits per heavy atom. The standard InChI is InChI=1S/C54H81N9O10/c1-32(2)27-39-48(67)59-46(36(8)64)54(73)60(9)35(7)51(70)62(11)43(30-38-23-17-13-18-24-38)53(72)61(10)42(28-33(3)4)49(68)55-40(29-37-21-15-12-16-22-37)47(66)57-41(52(71)63-25-19-14-20-26-63)31-44(65)58-45(34(5)6)50(69)56-39/h12-13,15-18,21-24,32-36,39-43,45-46,64H,14,19-20,25-31H2,1-11H3,(H,55,68)(H,56,69)(H,57,66)(H,58,65)(H,59,67)/t35-,36?,39-,40-,41?,42-,43-,45?,46-/m0/s1. The van der Waals surface area contributed by atoms with Crippen molar-refractivity contribution in [3.63, 3.8) is 0 Å². The molecule has 0 aliphatic carbocycles. The van der Waals surface area contributed by atoms with Gasteiger partial charge in [0.1, 0.15) is 48.3 Å². The number of piperidine rings is 1. The van der Waals surface area contributed by atoms with Gasteiger partial charge in [-0.15, -0.1) is 0 Å². The molecule has 2 aromatic carbocycles. The summed E-state index contributed by atoms with van der Waals surface area (Å²) in [4.78, 5) is 135. The average Bonchev–Trinajstić information content (AvgIpc) is 3.35. The van der Waals surface area contributed by atoms with Crippen LogP contribution >= 0.6 is 0 Å². The first-order valence-electron chi connectivity index (χ1n) is 25.8. The van der Waals surface area contributed by atoms with Gasteiger partial charge >= 0.3 is 0 Å². The Morgan fingerprint density at radius 2 is 1.08 bits per heavy atom. The molecule has 3 unspecified atom stereocenters. The van der Waals surface area contributed by atoms with Gasteiger partial charge in [0.2, 0.25) is 53.2 Å². The zero-order valence-electron chi connectivity index (χ0n) is 44.7. The first-order valence-corrected chi connectivity index (χ1v) is 25.8. The Labute approximate surface area is 431 Å². The van der Waals surface area contributed by atoms with Crippen molar-refractivity contribution >= 4 is 53.2 Å². The molecule has 6 N–H and O–H groups in total. The summed E-state index contributed by atoms with van der Waals surface area (Å²) in [6, 6.07) is 7.43. The van der Waals surface area contributed by atoms with Crippen molar-refractivity contribution in [1.29, 1.82) is 0 Å². The maximum absolute atomic E-state index is 15.0. The van der Waals surface area contributed by atoms with Gasteiger partial charge in [0.25, 0.3) is 0 Å². The molecule has 0 spiro atoms. The van der Waals surface area contributed by atoms with Crippen LogP contribution in [0.15, 0.2) is 60.7 Å². The molecule has 2 fully saturated rings. The molecule has 4 rings (SSSR count). The molecular formula is C54H81N9O10. The fourth-order valence-electron chi connectivity index (χ4n) is 9.22. The molecule has 19 heteroatoms. The van der Waals surface area contributed by atoms with E-state index in [9.17, 15) is 43.5 Å². The molecule has 9 atom stereocenters. The number of hydrogen-bond acceptors (Lipinski definition) is 10. The Bertz CT molecular complexity index is 2220. The second-order valence-electron chi connectivity index (χ2n) is 21.0. The second-order valence-corrected chi connectivity index (χ2v) is 21.0. The van der Waals surface area contributed by atoms with Crippen LogP contribution in [0, 0.1) is 17.8 Å². The number of rotatable bonds is 11. The van der Waals surface area contributed by atoms with Crippen LogP contribution in [0.5, 0.6) is 0 Å². The van der Waals surface area contributed by atoms with E-state index in [4.69, 9.17) is 0 Å². The number of aliphatic hydroxyl groups is 1. The number of carbonyl (C=O) groups is 9. The third kappa shape index (κ3) is 16.8. The summed E-state index contributed by atoms with van der Waals surface area (Å²) in [6.45, 7) is 14.3. The number of carbonyl (C=O) groups excluding carboxylic acids is 9. The van der Waals surface area contributed by atoms with Gasteiger partial charge in [-0.3, -0.25) is 43.2 Å². The van der Waals surface area contributed by atoms with Crippen molar-refractivity contribution in [3.8, 4) is 0 Å². The Morgan fingerprint density at radius 1 is 0.562 bits per heavy atom. The lowest BCUT2D eigenvalue weighted by molar-refractivity contribution is -0.152. The van der Waals surface area contributed by atoms with E-state index in [1.165, 1.54) is 44.8 Å². The number of likely N-dealkylation sites (N-methyl/N-ethyl adjacent to an activating group) is 3. The first kappa shape index (κ1) is 59.2. The van der Waals surface area contributed by atoms with Crippen molar-refractivity contribution < 1.29 is 48.3 Å². The highest BCUT2D eigenvalue weighted by Crippen LogP contribution is 2.20. The molecule has 19 nitrogen and oxygen atoms in total. The molecule has 0 bridgehead atoms. The number of benzene rings is 2. The molecule has 2 saturated heterocycles. The van der Waals surface area contributed by atoms with Crippen LogP contribution in [0.4, 0.5) is 0 Å². The van der Waals surface area contributed by atoms with Gasteiger partial charge in [-0.25, -0.2) is 0 Å². The number of hydrogen-bond donors (Lipinski definition) is 6. The van der Waals surface area contributed by atoms with Crippen LogP contribution < -0.4 is 26.6 Å². The Hall–Kier alpha value is -6.37. The van der Waals surface area contributed by atoms with Crippen LogP contribution in [0.2, 0.25) is 0 Å². The third-order valence-corrected chi connectivity index (χ3v) is 13.7. The Kier molecular flexibility index (Phi) is 22.4. The molecule has 0 radical (unpaired) electrons. The number of nitrogens with one attached hydrogen (secondary N) is 5. The SMILES string of the molecule is CC(C)C[C@@H]1NC(=O)C(C(C)C)NC(=O)CC(C(=O)N2CCCCC2)NC(=O)[C@H](Cc2ccccc2)NC(=O)[C@H](CC(C)C)N(C)C(=O)[C@H](Cc2ccccc2)N(C)C(=O)[C@H](C)N(C)C(=O)[C@H](C(C)O)NC1=O. The summed E-state index contributed by atoms with van der Waals surface area (Å²) < 4.78 is 0. The van der Waals surface area contributed by atoms with Crippen LogP contribution in [-0.2, 0) is 56.0 Å². The van der Waals surface area contributed by atoms with E-state index in [1.54, 1.807) is 73.3 Å². The second kappa shape index (κ2) is 27.6. The lowest BCUT2D eigenvalue weighted by atomic mass is 9.97. The number of aliphatic hydroxyl groups excluding tert-OH is 1. The van der Waals surface area contributed by atoms with Gasteiger partial charge in [0.05, 0.1) is 12.5 Å². The highest BCUT2D eigenvalue weighted by molar-refractivity contribution is 5.99. The summed E-state index contributed by atoms with van der Waals surface area (Å²) in [5, 5.41) is 24.7. The van der Waals surface area contributed by atoms with Crippen molar-refractivity contribution in [2.24, 2.45) is 17.8 Å². The normalized spacial score (nSPS) is 25.9. The molecule has 2 aromatic rings. The maximum atomic E-state index is 15.0. The van der Waals surface area contributed by atoms with Gasteiger partial charge in [0.15, 0.2) is 0 Å². The van der Waals surface area contributed by atoms with E-state index < -0.39 is 120 Å². The van der Waals surface area contributed by atoms with E-state index in [-0.39, 0.29) is 37.5 Å². The van der Waals surface area contributed by atoms with Gasteiger partial charge < -0.3 is 51.3 Å². The van der Waals surface area contributed by atoms with Crippen molar-refractivity contribution in [3.05, 3.63) is 71.8 Å². The molecular weight excluding hydrogens is 935 g/mol.